The molecule has 143 heavy (non-hydrogen) atoms. The molecule has 0 saturated carbocycles. The fourth-order valence-corrected chi connectivity index (χ4v) is 22.8. The van der Waals surface area contributed by atoms with Crippen LogP contribution in [-0.4, -0.2) is 0 Å². The highest BCUT2D eigenvalue weighted by Crippen LogP contribution is 2.53. The molecule has 0 radical (unpaired) electrons. The van der Waals surface area contributed by atoms with Crippen molar-refractivity contribution in [2.45, 2.75) is 0 Å². The number of para-hydroxylation sites is 6. The van der Waals surface area contributed by atoms with E-state index in [0.717, 1.165) is 99.2 Å². The minimum atomic E-state index is 0.909. The van der Waals surface area contributed by atoms with Crippen molar-refractivity contribution in [2.75, 3.05) is 0 Å². The van der Waals surface area contributed by atoms with Crippen LogP contribution in [0.1, 0.15) is 0 Å². The highest BCUT2D eigenvalue weighted by molar-refractivity contribution is 6.28. The molecular formula is C140H88O3. The number of benzene rings is 26. The molecule has 0 atom stereocenters. The molecule has 0 amide bonds. The van der Waals surface area contributed by atoms with E-state index in [9.17, 15) is 0 Å². The van der Waals surface area contributed by atoms with Crippen molar-refractivity contribution in [2.24, 2.45) is 0 Å². The topological polar surface area (TPSA) is 39.4 Å². The lowest BCUT2D eigenvalue weighted by Crippen LogP contribution is -1.93. The Morgan fingerprint density at radius 2 is 0.336 bits per heavy atom. The quantitative estimate of drug-likeness (QED) is 0.114. The Labute approximate surface area is 826 Å². The molecule has 0 aliphatic heterocycles. The summed E-state index contributed by atoms with van der Waals surface area (Å²) in [6, 6.07) is 193. The zero-order valence-electron chi connectivity index (χ0n) is 78.0. The smallest absolute Gasteiger partial charge is 0.143 e. The summed E-state index contributed by atoms with van der Waals surface area (Å²) in [6.07, 6.45) is 0. The molecule has 29 aromatic rings. The number of fused-ring (bicyclic) bond motifs is 17. The lowest BCUT2D eigenvalue weighted by atomic mass is 9.83. The average Bonchev–Trinajstić information content (AvgIpc) is 0.850. The van der Waals surface area contributed by atoms with E-state index in [2.05, 4.69) is 516 Å². The molecule has 0 spiro atoms. The van der Waals surface area contributed by atoms with Gasteiger partial charge in [0.05, 0.1) is 0 Å². The van der Waals surface area contributed by atoms with E-state index in [1.165, 1.54) is 186 Å². The summed E-state index contributed by atoms with van der Waals surface area (Å²) in [6.45, 7) is 0. The first-order chi connectivity index (χ1) is 71.0. The van der Waals surface area contributed by atoms with Crippen LogP contribution in [0, 0.1) is 0 Å². The second kappa shape index (κ2) is 35.3. The number of hydrogen-bond donors (Lipinski definition) is 0. The maximum absolute atomic E-state index is 6.56. The molecule has 3 heteroatoms. The van der Waals surface area contributed by atoms with Crippen LogP contribution in [0.2, 0.25) is 0 Å². The summed E-state index contributed by atoms with van der Waals surface area (Å²) in [5.41, 5.74) is 34.3. The number of hydrogen-bond acceptors (Lipinski definition) is 3. The summed E-state index contributed by atoms with van der Waals surface area (Å²) in [4.78, 5) is 0. The normalized spacial score (nSPS) is 11.6. The molecule has 0 aliphatic rings. The van der Waals surface area contributed by atoms with Crippen LogP contribution < -0.4 is 0 Å². The SMILES string of the molecule is c1ccc(-c2cccc(-c3c4ccccc4c(-c4ccccc4)c4ccc(-c5cccc6c5oc5ccccc56)cc34)c2)cc1.c1ccc(-c2ccccc2-c2c3ccccc3c(-c3ccccc3)c3ccc(-c4cccc5c4oc4ccccc45)cc23)cc1.c1ccc2c(-c3ccc(-c4c5ccccc5c(-c5cccc6ccccc56)c5ccc(-c6cccc7c6oc6ccccc67)cc45)cc3)cccc2c1. The van der Waals surface area contributed by atoms with Gasteiger partial charge in [-0.3, -0.25) is 0 Å². The molecule has 3 heterocycles. The van der Waals surface area contributed by atoms with Gasteiger partial charge in [-0.2, -0.15) is 0 Å². The summed E-state index contributed by atoms with van der Waals surface area (Å²) in [7, 11) is 0. The van der Waals surface area contributed by atoms with Crippen LogP contribution in [0.4, 0.5) is 0 Å². The Balaban J connectivity index is 0.000000108. The van der Waals surface area contributed by atoms with Gasteiger partial charge in [-0.25, -0.2) is 0 Å². The first kappa shape index (κ1) is 83.6. The summed E-state index contributed by atoms with van der Waals surface area (Å²) in [5.74, 6) is 0. The van der Waals surface area contributed by atoms with E-state index in [0.29, 0.717) is 0 Å². The molecule has 666 valence electrons. The molecule has 0 aliphatic carbocycles. The summed E-state index contributed by atoms with van der Waals surface area (Å²) in [5, 5.41) is 26.7. The average molecular weight is 1820 g/mol. The summed E-state index contributed by atoms with van der Waals surface area (Å²) >= 11 is 0. The van der Waals surface area contributed by atoms with Gasteiger partial charge in [0.15, 0.2) is 0 Å². The Kier molecular flexibility index (Phi) is 20.6. The summed E-state index contributed by atoms with van der Waals surface area (Å²) < 4.78 is 19.6. The minimum Gasteiger partial charge on any atom is -0.455 e. The molecule has 0 N–H and O–H groups in total. The van der Waals surface area contributed by atoms with Crippen LogP contribution in [-0.2, 0) is 0 Å². The maximum atomic E-state index is 6.56. The van der Waals surface area contributed by atoms with Crippen molar-refractivity contribution in [1.29, 1.82) is 0 Å². The Morgan fingerprint density at radius 3 is 0.783 bits per heavy atom. The molecule has 3 aromatic heterocycles. The van der Waals surface area contributed by atoms with Gasteiger partial charge in [0.2, 0.25) is 0 Å². The van der Waals surface area contributed by atoms with Crippen LogP contribution in [0.15, 0.2) is 547 Å². The number of furan rings is 3. The third-order valence-corrected chi connectivity index (χ3v) is 29.2. The Bertz CT molecular complexity index is 10100. The fraction of sp³-hybridized carbons (Fsp3) is 0. The zero-order chi connectivity index (χ0) is 94.4. The first-order valence-electron chi connectivity index (χ1n) is 49.1. The third kappa shape index (κ3) is 14.5. The van der Waals surface area contributed by atoms with Crippen molar-refractivity contribution in [1.82, 2.24) is 0 Å². The highest BCUT2D eigenvalue weighted by Gasteiger charge is 2.27. The van der Waals surface area contributed by atoms with Crippen molar-refractivity contribution in [3.05, 3.63) is 534 Å². The van der Waals surface area contributed by atoms with Crippen LogP contribution in [0.3, 0.4) is 0 Å². The van der Waals surface area contributed by atoms with Gasteiger partial charge >= 0.3 is 0 Å². The van der Waals surface area contributed by atoms with Crippen molar-refractivity contribution < 1.29 is 13.3 Å². The largest absolute Gasteiger partial charge is 0.455 e. The predicted molar refractivity (Wildman–Crippen MR) is 606 cm³/mol. The molecule has 0 unspecified atom stereocenters. The second-order valence-electron chi connectivity index (χ2n) is 37.2. The van der Waals surface area contributed by atoms with E-state index in [1.807, 2.05) is 18.2 Å². The highest BCUT2D eigenvalue weighted by atomic mass is 16.3. The molecule has 0 bridgehead atoms. The lowest BCUT2D eigenvalue weighted by molar-refractivity contribution is 0.669. The molecule has 3 nitrogen and oxygen atoms in total. The van der Waals surface area contributed by atoms with Crippen LogP contribution in [0.5, 0.6) is 0 Å². The van der Waals surface area contributed by atoms with Gasteiger partial charge in [0.25, 0.3) is 0 Å². The monoisotopic (exact) mass is 1820 g/mol. The molecular weight excluding hydrogens is 1730 g/mol. The van der Waals surface area contributed by atoms with Gasteiger partial charge in [0, 0.05) is 49.0 Å². The van der Waals surface area contributed by atoms with E-state index in [4.69, 9.17) is 13.3 Å². The third-order valence-electron chi connectivity index (χ3n) is 29.2. The maximum Gasteiger partial charge on any atom is 0.143 e. The Hall–Kier alpha value is -18.8. The van der Waals surface area contributed by atoms with Gasteiger partial charge in [-0.05, 0) is 245 Å². The van der Waals surface area contributed by atoms with E-state index in [-0.39, 0.29) is 0 Å². The molecule has 26 aromatic carbocycles. The zero-order valence-corrected chi connectivity index (χ0v) is 78.0. The van der Waals surface area contributed by atoms with Crippen molar-refractivity contribution in [3.8, 4) is 134 Å². The fourth-order valence-electron chi connectivity index (χ4n) is 22.8. The van der Waals surface area contributed by atoms with Gasteiger partial charge in [-0.15, -0.1) is 0 Å². The Morgan fingerprint density at radius 1 is 0.0979 bits per heavy atom. The van der Waals surface area contributed by atoms with Gasteiger partial charge < -0.3 is 13.3 Å². The molecule has 0 saturated heterocycles. The first-order valence-corrected chi connectivity index (χ1v) is 49.1. The van der Waals surface area contributed by atoms with E-state index in [1.54, 1.807) is 0 Å². The van der Waals surface area contributed by atoms with Gasteiger partial charge in [0.1, 0.15) is 33.5 Å². The standard InChI is InChI=1S/C52H32O.2C44H28O/c1-3-16-38-33(12-1)14-9-21-39(38)35-26-28-36(29-27-35)50-44-19-5-6-20-45(44)51(43-23-10-15-34-13-2-4-17-40(34)43)46-31-30-37(32-48(46)50)41-22-11-24-47-42-18-7-8-25-49(42)53-52(41)47;1-3-13-29(14-4-1)31-17-11-18-33(27-31)43-37-21-8-7-20-36(37)42(30-15-5-2-6-16-30)38-26-25-32(28-40(38)43)34-22-12-23-39-35-19-9-10-24-41(35)45-44(34)39;1-3-14-29(15-4-1)32-18-7-8-20-35(32)43-37-22-10-9-21-36(37)42(30-16-5-2-6-17-30)38-27-26-31(28-40(38)43)33-23-13-24-39-34-19-11-12-25-41(34)45-44(33)39/h1-32H;2*1-28H. The van der Waals surface area contributed by atoms with E-state index >= 15 is 0 Å². The van der Waals surface area contributed by atoms with Crippen molar-refractivity contribution in [3.63, 3.8) is 0 Å². The van der Waals surface area contributed by atoms with Crippen LogP contribution in [0.25, 0.3) is 286 Å². The number of rotatable bonds is 12. The predicted octanol–water partition coefficient (Wildman–Crippen LogP) is 40.0. The van der Waals surface area contributed by atoms with E-state index < -0.39 is 0 Å². The molecule has 0 fully saturated rings. The van der Waals surface area contributed by atoms with Crippen LogP contribution >= 0.6 is 0 Å². The van der Waals surface area contributed by atoms with Crippen molar-refractivity contribution >= 4 is 152 Å². The lowest BCUT2D eigenvalue weighted by Gasteiger charge is -2.20. The minimum absolute atomic E-state index is 0.909. The van der Waals surface area contributed by atoms with Gasteiger partial charge in [-0.1, -0.05) is 491 Å². The second-order valence-corrected chi connectivity index (χ2v) is 37.2. The molecule has 29 rings (SSSR count).